The van der Waals surface area contributed by atoms with Gasteiger partial charge in [-0.05, 0) is 48.6 Å². The molecule has 5 N–H and O–H groups in total. The molecule has 3 amide bonds. The number of carbonyl (C=O) groups is 4. The predicted molar refractivity (Wildman–Crippen MR) is 223 cm³/mol. The number of ether oxygens (including phenoxy) is 7. The zero-order valence-corrected chi connectivity index (χ0v) is 34.3. The van der Waals surface area contributed by atoms with Crippen molar-refractivity contribution in [3.8, 4) is 35.8 Å². The van der Waals surface area contributed by atoms with E-state index in [-0.39, 0.29) is 102 Å². The van der Waals surface area contributed by atoms with E-state index in [1.165, 1.54) is 7.05 Å². The molecule has 0 saturated heterocycles. The first-order chi connectivity index (χ1) is 28.9. The first-order valence-electron chi connectivity index (χ1n) is 19.9. The number of rotatable bonds is 32. The summed E-state index contributed by atoms with van der Waals surface area (Å²) in [5.41, 5.74) is 7.74. The third-order valence-electron chi connectivity index (χ3n) is 9.11. The van der Waals surface area contributed by atoms with E-state index in [9.17, 15) is 19.2 Å². The molecule has 0 aliphatic heterocycles. The molecule has 3 rings (SSSR count). The number of alkyl carbamates (subject to hydrolysis) is 1. The van der Waals surface area contributed by atoms with Crippen LogP contribution in [-0.2, 0) is 47.5 Å². The first kappa shape index (κ1) is 50.3. The topological polar surface area (TPSA) is 195 Å². The average molecular weight is 823 g/mol. The Morgan fingerprint density at radius 1 is 0.661 bits per heavy atom. The van der Waals surface area contributed by atoms with Gasteiger partial charge in [0.15, 0.2) is 0 Å². The van der Waals surface area contributed by atoms with E-state index in [1.54, 1.807) is 0 Å². The fourth-order valence-corrected chi connectivity index (χ4v) is 6.30. The lowest BCUT2D eigenvalue weighted by molar-refractivity contribution is -0.121. The van der Waals surface area contributed by atoms with Crippen molar-refractivity contribution in [2.24, 2.45) is 5.73 Å². The van der Waals surface area contributed by atoms with Crippen LogP contribution in [0, 0.1) is 24.7 Å². The lowest BCUT2D eigenvalue weighted by Gasteiger charge is -2.34. The minimum Gasteiger partial charge on any atom is -0.449 e. The Bertz CT molecular complexity index is 1500. The van der Waals surface area contributed by atoms with Crippen molar-refractivity contribution >= 4 is 24.2 Å². The number of hydrogen-bond donors (Lipinski definition) is 4. The van der Waals surface area contributed by atoms with Crippen LogP contribution < -0.4 is 21.7 Å². The normalized spacial score (nSPS) is 11.5. The number of aldehydes is 1. The van der Waals surface area contributed by atoms with E-state index in [2.05, 4.69) is 45.7 Å². The van der Waals surface area contributed by atoms with Gasteiger partial charge >= 0.3 is 6.09 Å². The van der Waals surface area contributed by atoms with Gasteiger partial charge in [-0.1, -0.05) is 60.4 Å². The molecular weight excluding hydrogens is 761 g/mol. The summed E-state index contributed by atoms with van der Waals surface area (Å²) in [6.07, 6.45) is 11.0. The number of amides is 3. The van der Waals surface area contributed by atoms with Gasteiger partial charge in [-0.3, -0.25) is 9.59 Å². The summed E-state index contributed by atoms with van der Waals surface area (Å²) in [6.45, 7) is 4.65. The highest BCUT2D eigenvalue weighted by atomic mass is 16.6. The van der Waals surface area contributed by atoms with Gasteiger partial charge < -0.3 is 59.6 Å². The van der Waals surface area contributed by atoms with Gasteiger partial charge in [-0.15, -0.1) is 12.8 Å². The summed E-state index contributed by atoms with van der Waals surface area (Å²) in [4.78, 5) is 51.1. The monoisotopic (exact) mass is 822 g/mol. The quantitative estimate of drug-likeness (QED) is 0.0480. The van der Waals surface area contributed by atoms with Crippen LogP contribution in [0.15, 0.2) is 48.5 Å². The second-order valence-corrected chi connectivity index (χ2v) is 13.1. The van der Waals surface area contributed by atoms with E-state index >= 15 is 0 Å². The maximum atomic E-state index is 13.6. The van der Waals surface area contributed by atoms with Crippen LogP contribution in [0.3, 0.4) is 0 Å². The molecule has 0 spiro atoms. The summed E-state index contributed by atoms with van der Waals surface area (Å²) < 4.78 is 38.0. The summed E-state index contributed by atoms with van der Waals surface area (Å²) in [7, 11) is 1.50. The van der Waals surface area contributed by atoms with Crippen molar-refractivity contribution in [1.29, 1.82) is 0 Å². The fraction of sp³-hybridized carbons (Fsp3) is 0.545. The van der Waals surface area contributed by atoms with Crippen LogP contribution in [0.2, 0.25) is 0 Å². The van der Waals surface area contributed by atoms with Crippen molar-refractivity contribution in [1.82, 2.24) is 16.0 Å². The minimum atomic E-state index is -1.09. The molecule has 0 atom stereocenters. The number of nitrogens with two attached hydrogens (primary N) is 1. The molecule has 0 saturated carbocycles. The molecule has 2 aromatic carbocycles. The van der Waals surface area contributed by atoms with Gasteiger partial charge in [0.2, 0.25) is 11.8 Å². The molecule has 0 aromatic heterocycles. The Labute approximate surface area is 349 Å². The number of terminal acetylenes is 2. The lowest BCUT2D eigenvalue weighted by atomic mass is 9.83. The van der Waals surface area contributed by atoms with Crippen LogP contribution in [-0.4, -0.2) is 136 Å². The molecule has 0 bridgehead atoms. The molecule has 15 heteroatoms. The number of nitrogens with one attached hydrogen (secondary N) is 3. The Balaban J connectivity index is 0.00000590. The van der Waals surface area contributed by atoms with Crippen molar-refractivity contribution in [3.63, 3.8) is 0 Å². The molecule has 1 aliphatic rings. The molecule has 324 valence electrons. The van der Waals surface area contributed by atoms with E-state index in [0.717, 1.165) is 28.5 Å². The highest BCUT2D eigenvalue weighted by Gasteiger charge is 2.35. The lowest BCUT2D eigenvalue weighted by Crippen LogP contribution is -2.50. The first-order valence-corrected chi connectivity index (χ1v) is 19.9. The van der Waals surface area contributed by atoms with E-state index in [0.29, 0.717) is 52.9 Å². The maximum Gasteiger partial charge on any atom is 0.407 e. The molecule has 0 radical (unpaired) electrons. The predicted octanol–water partition coefficient (Wildman–Crippen LogP) is 2.98. The average Bonchev–Trinajstić information content (AvgIpc) is 3.58. The number of fused-ring (bicyclic) bond motifs is 3. The van der Waals surface area contributed by atoms with Crippen molar-refractivity contribution in [2.45, 2.75) is 50.0 Å². The largest absolute Gasteiger partial charge is 0.449 e. The summed E-state index contributed by atoms with van der Waals surface area (Å²) >= 11 is 0. The molecule has 0 fully saturated rings. The van der Waals surface area contributed by atoms with Crippen LogP contribution in [0.4, 0.5) is 4.79 Å². The highest BCUT2D eigenvalue weighted by Crippen LogP contribution is 2.44. The maximum absolute atomic E-state index is 13.6. The van der Waals surface area contributed by atoms with Gasteiger partial charge in [-0.2, -0.15) is 0 Å². The Kier molecular flexibility index (Phi) is 27.3. The SMILES string of the molecule is C#CCOCCOCCOCCNC(=O)CCC(CCC=O)(CCC(=O)NCCOCCOCCOCC#C)NC(=O)OCC1c2ccccc2-c2ccccc21.CN. The zero-order valence-electron chi connectivity index (χ0n) is 34.3. The molecule has 2 aromatic rings. The van der Waals surface area contributed by atoms with Crippen LogP contribution >= 0.6 is 0 Å². The molecule has 1 aliphatic carbocycles. The third kappa shape index (κ3) is 20.6. The second-order valence-electron chi connectivity index (χ2n) is 13.1. The summed E-state index contributed by atoms with van der Waals surface area (Å²) in [6, 6.07) is 16.1. The molecule has 0 heterocycles. The van der Waals surface area contributed by atoms with Crippen LogP contribution in [0.5, 0.6) is 0 Å². The van der Waals surface area contributed by atoms with Gasteiger partial charge in [0.05, 0.1) is 66.1 Å². The van der Waals surface area contributed by atoms with Gasteiger partial charge in [-0.25, -0.2) is 4.79 Å². The third-order valence-corrected chi connectivity index (χ3v) is 9.11. The molecular formula is C44H62N4O11. The fourth-order valence-electron chi connectivity index (χ4n) is 6.30. The van der Waals surface area contributed by atoms with E-state index in [4.69, 9.17) is 46.0 Å². The number of carbonyl (C=O) groups excluding carboxylic acids is 4. The van der Waals surface area contributed by atoms with E-state index in [1.807, 2.05) is 36.4 Å². The smallest absolute Gasteiger partial charge is 0.407 e. The molecule has 59 heavy (non-hydrogen) atoms. The van der Waals surface area contributed by atoms with Gasteiger partial charge in [0.1, 0.15) is 26.1 Å². The second kappa shape index (κ2) is 32.1. The molecule has 0 unspecified atom stereocenters. The Hall–Kier alpha value is -4.84. The highest BCUT2D eigenvalue weighted by molar-refractivity contribution is 5.79. The van der Waals surface area contributed by atoms with Crippen molar-refractivity contribution in [3.05, 3.63) is 59.7 Å². The standard InChI is InChI=1S/C43H57N3O11.CH5N/c1-3-22-51-26-30-55-32-28-53-24-19-44-40(48)14-17-43(16-9-21-47,18-15-41(49)45-20-25-54-29-33-56-31-27-52-23-4-2)46-42(50)57-34-39-37-12-7-5-10-35(37)36-11-6-8-13-38(36)39;1-2/h1-2,5-8,10-13,21,39H,9,14-20,22-34H2,(H,44,48)(H,45,49)(H,46,50);2H2,1H3. The van der Waals surface area contributed by atoms with Crippen molar-refractivity contribution in [2.75, 3.05) is 106 Å². The summed E-state index contributed by atoms with van der Waals surface area (Å²) in [5, 5.41) is 8.63. The van der Waals surface area contributed by atoms with Gasteiger partial charge in [0.25, 0.3) is 0 Å². The zero-order chi connectivity index (χ0) is 42.8. The van der Waals surface area contributed by atoms with Crippen LogP contribution in [0.25, 0.3) is 11.1 Å². The van der Waals surface area contributed by atoms with Crippen LogP contribution in [0.1, 0.15) is 55.6 Å². The van der Waals surface area contributed by atoms with E-state index < -0.39 is 11.6 Å². The Morgan fingerprint density at radius 2 is 1.08 bits per heavy atom. The number of benzene rings is 2. The van der Waals surface area contributed by atoms with Crippen molar-refractivity contribution < 1.29 is 52.3 Å². The Morgan fingerprint density at radius 3 is 1.53 bits per heavy atom. The molecule has 15 nitrogen and oxygen atoms in total. The van der Waals surface area contributed by atoms with Gasteiger partial charge in [0, 0.05) is 43.8 Å². The minimum absolute atomic E-state index is 0.0246. The summed E-state index contributed by atoms with van der Waals surface area (Å²) in [5.74, 6) is 4.07. The number of hydrogen-bond acceptors (Lipinski definition) is 12.